The Morgan fingerprint density at radius 2 is 2.40 bits per heavy atom. The molecule has 2 aromatic rings. The molecule has 20 heavy (non-hydrogen) atoms. The van der Waals surface area contributed by atoms with Crippen molar-refractivity contribution in [1.82, 2.24) is 4.98 Å². The molecule has 0 radical (unpaired) electrons. The number of aromatic nitrogens is 1. The van der Waals surface area contributed by atoms with Gasteiger partial charge in [-0.15, -0.1) is 11.3 Å². The predicted molar refractivity (Wildman–Crippen MR) is 85.9 cm³/mol. The van der Waals surface area contributed by atoms with E-state index in [0.717, 1.165) is 42.1 Å². The molecule has 2 atom stereocenters. The summed E-state index contributed by atoms with van der Waals surface area (Å²) in [7, 11) is 0. The van der Waals surface area contributed by atoms with E-state index in [2.05, 4.69) is 17.2 Å². The van der Waals surface area contributed by atoms with Gasteiger partial charge in [-0.2, -0.15) is 0 Å². The predicted octanol–water partition coefficient (Wildman–Crippen LogP) is 4.71. The number of nitrogens with zero attached hydrogens (tertiary/aromatic N) is 1. The van der Waals surface area contributed by atoms with Crippen molar-refractivity contribution in [2.45, 2.75) is 44.8 Å². The highest BCUT2D eigenvalue weighted by Gasteiger charge is 2.23. The topological polar surface area (TPSA) is 34.2 Å². The third-order valence-electron chi connectivity index (χ3n) is 3.78. The zero-order valence-corrected chi connectivity index (χ0v) is 13.1. The van der Waals surface area contributed by atoms with Crippen LogP contribution < -0.4 is 5.32 Å². The van der Waals surface area contributed by atoms with Crippen LogP contribution in [0.25, 0.3) is 10.2 Å². The summed E-state index contributed by atoms with van der Waals surface area (Å²) >= 11 is 7.99. The summed E-state index contributed by atoms with van der Waals surface area (Å²) in [6.07, 6.45) is 4.74. The van der Waals surface area contributed by atoms with Crippen LogP contribution in [0.5, 0.6) is 0 Å². The van der Waals surface area contributed by atoms with Gasteiger partial charge < -0.3 is 10.1 Å². The molecule has 108 valence electrons. The van der Waals surface area contributed by atoms with Crippen LogP contribution in [0.2, 0.25) is 5.02 Å². The molecule has 1 aliphatic heterocycles. The summed E-state index contributed by atoms with van der Waals surface area (Å²) in [5.41, 5.74) is 3.84. The molecular weight excluding hydrogens is 292 g/mol. The lowest BCUT2D eigenvalue weighted by atomic mass is 10.00. The van der Waals surface area contributed by atoms with Crippen LogP contribution in [0.3, 0.4) is 0 Å². The van der Waals surface area contributed by atoms with Gasteiger partial charge in [-0.1, -0.05) is 24.9 Å². The van der Waals surface area contributed by atoms with E-state index in [0.29, 0.717) is 12.1 Å². The zero-order valence-electron chi connectivity index (χ0n) is 11.6. The summed E-state index contributed by atoms with van der Waals surface area (Å²) in [6, 6.07) is 4.41. The van der Waals surface area contributed by atoms with Crippen molar-refractivity contribution in [3.05, 3.63) is 22.7 Å². The average Bonchev–Trinajstić information content (AvgIpc) is 2.91. The van der Waals surface area contributed by atoms with E-state index in [9.17, 15) is 0 Å². The third kappa shape index (κ3) is 2.92. The standard InChI is InChI=1S/C15H19ClN2OS/c1-2-3-11-8-10(6-7-19-11)18-14-12(16)4-5-13-15(14)17-9-20-13/h4-5,9-11,18H,2-3,6-8H2,1H3. The van der Waals surface area contributed by atoms with Gasteiger partial charge in [-0.05, 0) is 31.4 Å². The zero-order chi connectivity index (χ0) is 13.9. The molecule has 0 spiro atoms. The third-order valence-corrected chi connectivity index (χ3v) is 4.89. The number of hydrogen-bond acceptors (Lipinski definition) is 4. The Bertz CT molecular complexity index is 584. The second kappa shape index (κ2) is 6.29. The molecule has 2 unspecified atom stereocenters. The minimum atomic E-state index is 0.375. The molecule has 3 rings (SSSR count). The van der Waals surface area contributed by atoms with Crippen LogP contribution in [0.1, 0.15) is 32.6 Å². The second-order valence-electron chi connectivity index (χ2n) is 5.27. The monoisotopic (exact) mass is 310 g/mol. The number of anilines is 1. The number of nitrogens with one attached hydrogen (secondary N) is 1. The number of fused-ring (bicyclic) bond motifs is 1. The maximum absolute atomic E-state index is 6.35. The van der Waals surface area contributed by atoms with E-state index in [1.807, 2.05) is 17.6 Å². The van der Waals surface area contributed by atoms with Crippen molar-refractivity contribution in [1.29, 1.82) is 0 Å². The van der Waals surface area contributed by atoms with Crippen molar-refractivity contribution in [2.24, 2.45) is 0 Å². The van der Waals surface area contributed by atoms with Gasteiger partial charge in [-0.25, -0.2) is 4.98 Å². The number of benzene rings is 1. The van der Waals surface area contributed by atoms with Crippen molar-refractivity contribution in [2.75, 3.05) is 11.9 Å². The molecule has 1 aromatic carbocycles. The minimum Gasteiger partial charge on any atom is -0.379 e. The first-order chi connectivity index (χ1) is 9.78. The highest BCUT2D eigenvalue weighted by Crippen LogP contribution is 2.34. The first-order valence-electron chi connectivity index (χ1n) is 7.17. The van der Waals surface area contributed by atoms with E-state index < -0.39 is 0 Å². The van der Waals surface area contributed by atoms with Crippen molar-refractivity contribution in [3.63, 3.8) is 0 Å². The Hall–Kier alpha value is -0.840. The lowest BCUT2D eigenvalue weighted by molar-refractivity contribution is 0.00599. The summed E-state index contributed by atoms with van der Waals surface area (Å²) in [4.78, 5) is 4.44. The lowest BCUT2D eigenvalue weighted by Gasteiger charge is -2.31. The van der Waals surface area contributed by atoms with Crippen LogP contribution in [0, 0.1) is 0 Å². The van der Waals surface area contributed by atoms with E-state index in [-0.39, 0.29) is 0 Å². The number of thiazole rings is 1. The molecule has 1 fully saturated rings. The Morgan fingerprint density at radius 3 is 3.25 bits per heavy atom. The molecule has 3 nitrogen and oxygen atoms in total. The molecule has 1 N–H and O–H groups in total. The Morgan fingerprint density at radius 1 is 1.50 bits per heavy atom. The van der Waals surface area contributed by atoms with Crippen LogP contribution in [-0.2, 0) is 4.74 Å². The fraction of sp³-hybridized carbons (Fsp3) is 0.533. The maximum Gasteiger partial charge on any atom is 0.106 e. The molecule has 5 heteroatoms. The van der Waals surface area contributed by atoms with Gasteiger partial charge in [-0.3, -0.25) is 0 Å². The van der Waals surface area contributed by atoms with Crippen LogP contribution in [0.4, 0.5) is 5.69 Å². The molecule has 1 aromatic heterocycles. The molecule has 0 aliphatic carbocycles. The summed E-state index contributed by atoms with van der Waals surface area (Å²) in [5.74, 6) is 0. The van der Waals surface area contributed by atoms with E-state index in [1.54, 1.807) is 11.3 Å². The normalized spacial score (nSPS) is 23.1. The first kappa shape index (κ1) is 14.1. The highest BCUT2D eigenvalue weighted by molar-refractivity contribution is 7.16. The van der Waals surface area contributed by atoms with Crippen molar-refractivity contribution < 1.29 is 4.74 Å². The van der Waals surface area contributed by atoms with Gasteiger partial charge in [0, 0.05) is 12.6 Å². The van der Waals surface area contributed by atoms with Crippen LogP contribution >= 0.6 is 22.9 Å². The van der Waals surface area contributed by atoms with E-state index in [4.69, 9.17) is 16.3 Å². The van der Waals surface area contributed by atoms with Gasteiger partial charge >= 0.3 is 0 Å². The molecule has 1 aliphatic rings. The van der Waals surface area contributed by atoms with Crippen molar-refractivity contribution >= 4 is 38.8 Å². The number of rotatable bonds is 4. The lowest BCUT2D eigenvalue weighted by Crippen LogP contribution is -2.34. The number of halogens is 1. The largest absolute Gasteiger partial charge is 0.379 e. The van der Waals surface area contributed by atoms with Gasteiger partial charge in [0.05, 0.1) is 27.0 Å². The molecule has 0 bridgehead atoms. The highest BCUT2D eigenvalue weighted by atomic mass is 35.5. The molecular formula is C15H19ClN2OS. The van der Waals surface area contributed by atoms with Crippen LogP contribution in [-0.4, -0.2) is 23.7 Å². The van der Waals surface area contributed by atoms with Gasteiger partial charge in [0.2, 0.25) is 0 Å². The first-order valence-corrected chi connectivity index (χ1v) is 8.43. The smallest absolute Gasteiger partial charge is 0.106 e. The fourth-order valence-electron chi connectivity index (χ4n) is 2.78. The second-order valence-corrected chi connectivity index (χ2v) is 6.56. The molecule has 0 saturated carbocycles. The van der Waals surface area contributed by atoms with Gasteiger partial charge in [0.25, 0.3) is 0 Å². The molecule has 2 heterocycles. The summed E-state index contributed by atoms with van der Waals surface area (Å²) < 4.78 is 6.98. The fourth-order valence-corrected chi connectivity index (χ4v) is 3.67. The Labute approximate surface area is 128 Å². The minimum absolute atomic E-state index is 0.375. The number of ether oxygens (including phenoxy) is 1. The summed E-state index contributed by atoms with van der Waals surface area (Å²) in [5, 5.41) is 4.35. The van der Waals surface area contributed by atoms with E-state index >= 15 is 0 Å². The quantitative estimate of drug-likeness (QED) is 0.888. The summed E-state index contributed by atoms with van der Waals surface area (Å²) in [6.45, 7) is 3.03. The number of hydrogen-bond donors (Lipinski definition) is 1. The van der Waals surface area contributed by atoms with Gasteiger partial charge in [0.1, 0.15) is 5.52 Å². The van der Waals surface area contributed by atoms with Crippen molar-refractivity contribution in [3.8, 4) is 0 Å². The molecule has 1 saturated heterocycles. The van der Waals surface area contributed by atoms with Crippen LogP contribution in [0.15, 0.2) is 17.6 Å². The average molecular weight is 311 g/mol. The SMILES string of the molecule is CCCC1CC(Nc2c(Cl)ccc3scnc23)CCO1. The van der Waals surface area contributed by atoms with Gasteiger partial charge in [0.15, 0.2) is 0 Å². The molecule has 0 amide bonds. The maximum atomic E-state index is 6.35. The van der Waals surface area contributed by atoms with E-state index in [1.165, 1.54) is 11.1 Å². The Balaban J connectivity index is 1.78. The Kier molecular flexibility index (Phi) is 4.44.